The smallest absolute Gasteiger partial charge is 0.352 e. The van der Waals surface area contributed by atoms with E-state index in [0.29, 0.717) is 10.8 Å². The van der Waals surface area contributed by atoms with Gasteiger partial charge in [-0.1, -0.05) is 29.8 Å². The number of carboxylic acid groups (broad SMARTS) is 1. The second-order valence-corrected chi connectivity index (χ2v) is 4.39. The van der Waals surface area contributed by atoms with Crippen LogP contribution >= 0.6 is 11.6 Å². The van der Waals surface area contributed by atoms with E-state index in [4.69, 9.17) is 21.4 Å². The predicted molar refractivity (Wildman–Crippen MR) is 74.6 cm³/mol. The molecule has 0 atom stereocenters. The van der Waals surface area contributed by atoms with Crippen molar-refractivity contribution in [3.63, 3.8) is 0 Å². The average molecular weight is 294 g/mol. The Bertz CT molecular complexity index is 681. The van der Waals surface area contributed by atoms with Crippen LogP contribution in [0.3, 0.4) is 0 Å². The standard InChI is InChI=1S/C14H12ClNO4/c15-10-4-1-2-6-12(10)20-9-8-16-11(14(18)19)5-3-7-13(16)17/h1-7H,8-9H2,(H,18,19). The van der Waals surface area contributed by atoms with Gasteiger partial charge in [-0.25, -0.2) is 4.79 Å². The number of para-hydroxylation sites is 1. The van der Waals surface area contributed by atoms with Crippen LogP contribution in [-0.4, -0.2) is 22.2 Å². The van der Waals surface area contributed by atoms with Crippen LogP contribution in [0.5, 0.6) is 5.75 Å². The summed E-state index contributed by atoms with van der Waals surface area (Å²) in [6.07, 6.45) is 0. The van der Waals surface area contributed by atoms with E-state index in [-0.39, 0.29) is 24.4 Å². The summed E-state index contributed by atoms with van der Waals surface area (Å²) in [5.41, 5.74) is -0.451. The van der Waals surface area contributed by atoms with Crippen LogP contribution in [0.1, 0.15) is 10.5 Å². The highest BCUT2D eigenvalue weighted by Crippen LogP contribution is 2.22. The van der Waals surface area contributed by atoms with Gasteiger partial charge >= 0.3 is 5.97 Å². The van der Waals surface area contributed by atoms with Crippen LogP contribution in [0.4, 0.5) is 0 Å². The van der Waals surface area contributed by atoms with Crippen molar-refractivity contribution in [2.75, 3.05) is 6.61 Å². The SMILES string of the molecule is O=C(O)c1cccc(=O)n1CCOc1ccccc1Cl. The fourth-order valence-electron chi connectivity index (χ4n) is 1.75. The molecule has 0 fully saturated rings. The minimum Gasteiger partial charge on any atom is -0.490 e. The van der Waals surface area contributed by atoms with Crippen molar-refractivity contribution in [2.24, 2.45) is 0 Å². The number of benzene rings is 1. The van der Waals surface area contributed by atoms with Crippen molar-refractivity contribution >= 4 is 17.6 Å². The highest BCUT2D eigenvalue weighted by atomic mass is 35.5. The fourth-order valence-corrected chi connectivity index (χ4v) is 1.94. The number of carbonyl (C=O) groups is 1. The van der Waals surface area contributed by atoms with Crippen LogP contribution in [0.15, 0.2) is 47.3 Å². The van der Waals surface area contributed by atoms with Gasteiger partial charge in [-0.05, 0) is 18.2 Å². The predicted octanol–water partition coefficient (Wildman–Crippen LogP) is 2.28. The lowest BCUT2D eigenvalue weighted by molar-refractivity contribution is 0.0682. The van der Waals surface area contributed by atoms with Crippen molar-refractivity contribution in [2.45, 2.75) is 6.54 Å². The van der Waals surface area contributed by atoms with Crippen LogP contribution in [-0.2, 0) is 6.54 Å². The largest absolute Gasteiger partial charge is 0.490 e. The summed E-state index contributed by atoms with van der Waals surface area (Å²) in [4.78, 5) is 22.7. The third kappa shape index (κ3) is 3.19. The summed E-state index contributed by atoms with van der Waals surface area (Å²) in [6, 6.07) is 11.0. The number of ether oxygens (including phenoxy) is 1. The van der Waals surface area contributed by atoms with E-state index in [1.54, 1.807) is 24.3 Å². The van der Waals surface area contributed by atoms with Gasteiger partial charge in [-0.3, -0.25) is 9.36 Å². The van der Waals surface area contributed by atoms with E-state index < -0.39 is 5.97 Å². The molecule has 0 spiro atoms. The Balaban J connectivity index is 2.10. The fraction of sp³-hybridized carbons (Fsp3) is 0.143. The van der Waals surface area contributed by atoms with Crippen molar-refractivity contribution < 1.29 is 14.6 Å². The first-order valence-corrected chi connectivity index (χ1v) is 6.28. The molecule has 0 aliphatic heterocycles. The summed E-state index contributed by atoms with van der Waals surface area (Å²) in [5.74, 6) is -0.657. The molecule has 5 nitrogen and oxygen atoms in total. The lowest BCUT2D eigenvalue weighted by Gasteiger charge is -2.11. The van der Waals surface area contributed by atoms with Gasteiger partial charge in [-0.15, -0.1) is 0 Å². The minimum absolute atomic E-state index is 0.0692. The van der Waals surface area contributed by atoms with Gasteiger partial charge in [0, 0.05) is 6.07 Å². The number of hydrogen-bond donors (Lipinski definition) is 1. The number of rotatable bonds is 5. The summed E-state index contributed by atoms with van der Waals surface area (Å²) in [5, 5.41) is 9.49. The molecule has 0 aliphatic carbocycles. The first-order chi connectivity index (χ1) is 9.59. The monoisotopic (exact) mass is 293 g/mol. The molecule has 0 radical (unpaired) electrons. The van der Waals surface area contributed by atoms with Gasteiger partial charge in [0.15, 0.2) is 0 Å². The first kappa shape index (κ1) is 14.1. The highest BCUT2D eigenvalue weighted by molar-refractivity contribution is 6.32. The topological polar surface area (TPSA) is 68.5 Å². The maximum atomic E-state index is 11.7. The quantitative estimate of drug-likeness (QED) is 0.918. The van der Waals surface area contributed by atoms with Gasteiger partial charge in [-0.2, -0.15) is 0 Å². The highest BCUT2D eigenvalue weighted by Gasteiger charge is 2.10. The van der Waals surface area contributed by atoms with Gasteiger partial charge in [0.05, 0.1) is 11.6 Å². The maximum absolute atomic E-state index is 11.7. The summed E-state index contributed by atoms with van der Waals surface area (Å²) in [7, 11) is 0. The Labute approximate surface area is 120 Å². The lowest BCUT2D eigenvalue weighted by atomic mass is 10.3. The Morgan fingerprint density at radius 3 is 2.65 bits per heavy atom. The van der Waals surface area contributed by atoms with Crippen molar-refractivity contribution in [1.82, 2.24) is 4.57 Å². The molecule has 0 amide bonds. The Morgan fingerprint density at radius 1 is 1.20 bits per heavy atom. The molecule has 0 aliphatic rings. The molecular weight excluding hydrogens is 282 g/mol. The molecule has 2 aromatic rings. The third-order valence-electron chi connectivity index (χ3n) is 2.68. The Hall–Kier alpha value is -2.27. The molecular formula is C14H12ClNO4. The molecule has 1 N–H and O–H groups in total. The Kier molecular flexibility index (Phi) is 4.42. The van der Waals surface area contributed by atoms with E-state index in [2.05, 4.69) is 0 Å². The third-order valence-corrected chi connectivity index (χ3v) is 2.99. The van der Waals surface area contributed by atoms with Gasteiger partial charge in [0.25, 0.3) is 5.56 Å². The zero-order valence-corrected chi connectivity index (χ0v) is 11.2. The second kappa shape index (κ2) is 6.25. The number of halogens is 1. The summed E-state index contributed by atoms with van der Waals surface area (Å²) >= 11 is 5.93. The molecule has 2 rings (SSSR count). The average Bonchev–Trinajstić information content (AvgIpc) is 2.42. The molecule has 20 heavy (non-hydrogen) atoms. The lowest BCUT2D eigenvalue weighted by Crippen LogP contribution is -2.27. The molecule has 1 heterocycles. The molecule has 0 bridgehead atoms. The molecule has 104 valence electrons. The maximum Gasteiger partial charge on any atom is 0.352 e. The van der Waals surface area contributed by atoms with E-state index in [1.807, 2.05) is 0 Å². The minimum atomic E-state index is -1.15. The van der Waals surface area contributed by atoms with Crippen molar-refractivity contribution in [3.05, 3.63) is 63.5 Å². The zero-order valence-electron chi connectivity index (χ0n) is 10.5. The Morgan fingerprint density at radius 2 is 1.95 bits per heavy atom. The van der Waals surface area contributed by atoms with Gasteiger partial charge in [0.1, 0.15) is 18.1 Å². The van der Waals surface area contributed by atoms with E-state index in [0.717, 1.165) is 4.57 Å². The number of carboxylic acids is 1. The van der Waals surface area contributed by atoms with E-state index >= 15 is 0 Å². The summed E-state index contributed by atoms with van der Waals surface area (Å²) in [6.45, 7) is 0.278. The van der Waals surface area contributed by atoms with Gasteiger partial charge < -0.3 is 9.84 Å². The molecule has 1 aromatic carbocycles. The zero-order chi connectivity index (χ0) is 14.5. The van der Waals surface area contributed by atoms with Gasteiger partial charge in [0.2, 0.25) is 0 Å². The number of aromatic nitrogens is 1. The number of nitrogens with zero attached hydrogens (tertiary/aromatic N) is 1. The number of pyridine rings is 1. The van der Waals surface area contributed by atoms with Crippen LogP contribution in [0.25, 0.3) is 0 Å². The number of aromatic carboxylic acids is 1. The molecule has 0 unspecified atom stereocenters. The normalized spacial score (nSPS) is 10.2. The van der Waals surface area contributed by atoms with E-state index in [9.17, 15) is 9.59 Å². The van der Waals surface area contributed by atoms with Crippen LogP contribution in [0.2, 0.25) is 5.02 Å². The van der Waals surface area contributed by atoms with Crippen molar-refractivity contribution in [1.29, 1.82) is 0 Å². The summed E-state index contributed by atoms with van der Waals surface area (Å²) < 4.78 is 6.60. The van der Waals surface area contributed by atoms with E-state index in [1.165, 1.54) is 18.2 Å². The van der Waals surface area contributed by atoms with Crippen molar-refractivity contribution in [3.8, 4) is 5.75 Å². The molecule has 6 heteroatoms. The first-order valence-electron chi connectivity index (χ1n) is 5.90. The number of hydrogen-bond acceptors (Lipinski definition) is 3. The molecule has 1 aromatic heterocycles. The second-order valence-electron chi connectivity index (χ2n) is 3.98. The molecule has 0 saturated heterocycles. The van der Waals surface area contributed by atoms with Crippen LogP contribution in [0, 0.1) is 0 Å². The molecule has 0 saturated carbocycles. The van der Waals surface area contributed by atoms with Crippen LogP contribution < -0.4 is 10.3 Å².